The summed E-state index contributed by atoms with van der Waals surface area (Å²) >= 11 is 0. The molecule has 0 aliphatic carbocycles. The van der Waals surface area contributed by atoms with Crippen molar-refractivity contribution in [1.82, 2.24) is 19.8 Å². The van der Waals surface area contributed by atoms with Crippen LogP contribution in [0.4, 0.5) is 5.82 Å². The van der Waals surface area contributed by atoms with Crippen LogP contribution in [0.25, 0.3) is 0 Å². The van der Waals surface area contributed by atoms with Crippen LogP contribution in [0.3, 0.4) is 0 Å². The lowest BCUT2D eigenvalue weighted by Crippen LogP contribution is -2.42. The molecule has 0 bridgehead atoms. The van der Waals surface area contributed by atoms with Crippen LogP contribution >= 0.6 is 0 Å². The molecule has 1 aliphatic rings. The van der Waals surface area contributed by atoms with Crippen molar-refractivity contribution in [3.8, 4) is 0 Å². The highest BCUT2D eigenvalue weighted by atomic mass is 16.5. The van der Waals surface area contributed by atoms with Crippen LogP contribution in [0, 0.1) is 5.41 Å². The average molecular weight is 472 g/mol. The first-order chi connectivity index (χ1) is 16.1. The molecule has 8 nitrogen and oxygen atoms in total. The Kier molecular flexibility index (Phi) is 10.7. The maximum atomic E-state index is 12.5. The molecule has 2 atom stereocenters. The summed E-state index contributed by atoms with van der Waals surface area (Å²) in [5, 5.41) is 5.73. The van der Waals surface area contributed by atoms with E-state index in [1.807, 2.05) is 35.2 Å². The molecule has 2 aromatic rings. The highest BCUT2D eigenvalue weighted by molar-refractivity contribution is 5.94. The van der Waals surface area contributed by atoms with E-state index >= 15 is 0 Å². The van der Waals surface area contributed by atoms with E-state index < -0.39 is 6.04 Å². The van der Waals surface area contributed by atoms with Crippen LogP contribution in [-0.2, 0) is 27.5 Å². The second kappa shape index (κ2) is 13.2. The molecule has 3 rings (SSSR count). The van der Waals surface area contributed by atoms with Crippen LogP contribution in [0.2, 0.25) is 0 Å². The molecular weight excluding hydrogens is 430 g/mol. The standard InChI is InChI=1S/C21H29N5O3.C5H12/c1-16-7-6-10-26(16)20(27)12-25-11-19(23-15-25)24-21(28)18(22-2)14-29-13-17-8-4-3-5-9-17;1-5(2,3)4/h3-5,8-9,11,15-16,18,22H,6-7,10,12-14H2,1-2H3,(H,24,28);1-4H3/t16?,18-;/m1./s1. The van der Waals surface area contributed by atoms with Gasteiger partial charge in [-0.3, -0.25) is 9.59 Å². The molecule has 1 fully saturated rings. The number of hydrogen-bond donors (Lipinski definition) is 2. The minimum Gasteiger partial charge on any atom is -0.375 e. The Morgan fingerprint density at radius 2 is 1.88 bits per heavy atom. The van der Waals surface area contributed by atoms with Crippen LogP contribution in [0.15, 0.2) is 42.9 Å². The van der Waals surface area contributed by atoms with Crippen molar-refractivity contribution in [1.29, 1.82) is 0 Å². The number of likely N-dealkylation sites (tertiary alicyclic amines) is 1. The molecule has 1 aliphatic heterocycles. The van der Waals surface area contributed by atoms with Gasteiger partial charge in [0, 0.05) is 18.8 Å². The van der Waals surface area contributed by atoms with E-state index in [1.165, 1.54) is 0 Å². The Morgan fingerprint density at radius 1 is 1.21 bits per heavy atom. The number of ether oxygens (including phenoxy) is 1. The second-order valence-electron chi connectivity index (χ2n) is 10.3. The van der Waals surface area contributed by atoms with Gasteiger partial charge in [-0.15, -0.1) is 0 Å². The van der Waals surface area contributed by atoms with Gasteiger partial charge in [0.15, 0.2) is 5.82 Å². The van der Waals surface area contributed by atoms with E-state index in [9.17, 15) is 9.59 Å². The largest absolute Gasteiger partial charge is 0.375 e. The molecular formula is C26H41N5O3. The number of benzene rings is 1. The number of carbonyl (C=O) groups is 2. The minimum atomic E-state index is -0.504. The van der Waals surface area contributed by atoms with Crippen molar-refractivity contribution in [2.24, 2.45) is 5.41 Å². The molecule has 2 heterocycles. The minimum absolute atomic E-state index is 0.0766. The smallest absolute Gasteiger partial charge is 0.245 e. The van der Waals surface area contributed by atoms with Gasteiger partial charge in [-0.2, -0.15) is 0 Å². The molecule has 2 N–H and O–H groups in total. The number of aromatic nitrogens is 2. The highest BCUT2D eigenvalue weighted by Gasteiger charge is 2.25. The Hall–Kier alpha value is -2.71. The van der Waals surface area contributed by atoms with Gasteiger partial charge in [0.1, 0.15) is 12.6 Å². The zero-order valence-corrected chi connectivity index (χ0v) is 21.5. The Morgan fingerprint density at radius 3 is 2.47 bits per heavy atom. The monoisotopic (exact) mass is 471 g/mol. The Labute approximate surface area is 204 Å². The van der Waals surface area contributed by atoms with Gasteiger partial charge in [-0.1, -0.05) is 58.0 Å². The first kappa shape index (κ1) is 27.5. The summed E-state index contributed by atoms with van der Waals surface area (Å²) in [6.07, 6.45) is 5.34. The van der Waals surface area contributed by atoms with Crippen LogP contribution in [-0.4, -0.2) is 58.5 Å². The van der Waals surface area contributed by atoms with Gasteiger partial charge in [-0.25, -0.2) is 4.98 Å². The van der Waals surface area contributed by atoms with Crippen LogP contribution in [0.5, 0.6) is 0 Å². The summed E-state index contributed by atoms with van der Waals surface area (Å²) in [6.45, 7) is 12.5. The lowest BCUT2D eigenvalue weighted by Gasteiger charge is -2.21. The fourth-order valence-electron chi connectivity index (χ4n) is 3.43. The van der Waals surface area contributed by atoms with E-state index in [-0.39, 0.29) is 31.0 Å². The summed E-state index contributed by atoms with van der Waals surface area (Å²) in [4.78, 5) is 31.0. The topological polar surface area (TPSA) is 88.5 Å². The SMILES string of the molecule is CC(C)(C)C.CN[C@H](COCc1ccccc1)C(=O)Nc1cn(CC(=O)N2CCCC2C)cn1. The predicted molar refractivity (Wildman–Crippen MR) is 135 cm³/mol. The third-order valence-corrected chi connectivity index (χ3v) is 5.14. The van der Waals surface area contributed by atoms with E-state index in [2.05, 4.69) is 50.2 Å². The van der Waals surface area contributed by atoms with Gasteiger partial charge in [-0.05, 0) is 37.8 Å². The number of nitrogens with zero attached hydrogens (tertiary/aromatic N) is 3. The lowest BCUT2D eigenvalue weighted by molar-refractivity contribution is -0.132. The van der Waals surface area contributed by atoms with Gasteiger partial charge in [0.2, 0.25) is 11.8 Å². The van der Waals surface area contributed by atoms with Crippen molar-refractivity contribution < 1.29 is 14.3 Å². The molecule has 188 valence electrons. The van der Waals surface area contributed by atoms with Crippen LogP contribution < -0.4 is 10.6 Å². The third kappa shape index (κ3) is 10.1. The van der Waals surface area contributed by atoms with Gasteiger partial charge >= 0.3 is 0 Å². The fraction of sp³-hybridized carbons (Fsp3) is 0.577. The molecule has 1 aromatic heterocycles. The van der Waals surface area contributed by atoms with E-state index in [0.29, 0.717) is 17.8 Å². The molecule has 0 spiro atoms. The Balaban J connectivity index is 0.000000739. The summed E-state index contributed by atoms with van der Waals surface area (Å²) < 4.78 is 7.35. The van der Waals surface area contributed by atoms with Gasteiger partial charge in [0.25, 0.3) is 0 Å². The first-order valence-electron chi connectivity index (χ1n) is 12.0. The third-order valence-electron chi connectivity index (χ3n) is 5.14. The van der Waals surface area contributed by atoms with Gasteiger partial charge < -0.3 is 24.8 Å². The first-order valence-corrected chi connectivity index (χ1v) is 12.0. The van der Waals surface area contributed by atoms with E-state index in [4.69, 9.17) is 4.74 Å². The van der Waals surface area contributed by atoms with Gasteiger partial charge in [0.05, 0.1) is 19.5 Å². The predicted octanol–water partition coefficient (Wildman–Crippen LogP) is 3.69. The van der Waals surface area contributed by atoms with Crippen LogP contribution in [0.1, 0.15) is 53.0 Å². The number of hydrogen-bond acceptors (Lipinski definition) is 5. The number of rotatable bonds is 9. The van der Waals surface area contributed by atoms with E-state index in [1.54, 1.807) is 24.1 Å². The molecule has 8 heteroatoms. The molecule has 1 saturated heterocycles. The zero-order chi connectivity index (χ0) is 25.1. The maximum Gasteiger partial charge on any atom is 0.245 e. The molecule has 34 heavy (non-hydrogen) atoms. The molecule has 1 unspecified atom stereocenters. The average Bonchev–Trinajstić information content (AvgIpc) is 3.39. The molecule has 0 saturated carbocycles. The zero-order valence-electron chi connectivity index (χ0n) is 21.5. The number of anilines is 1. The lowest BCUT2D eigenvalue weighted by atomic mass is 10.0. The number of carbonyl (C=O) groups excluding carboxylic acids is 2. The van der Waals surface area contributed by atoms with Crippen molar-refractivity contribution in [2.45, 2.75) is 72.7 Å². The summed E-state index contributed by atoms with van der Waals surface area (Å²) in [5.74, 6) is 0.263. The second-order valence-corrected chi connectivity index (χ2v) is 10.3. The number of amides is 2. The quantitative estimate of drug-likeness (QED) is 0.582. The number of nitrogens with one attached hydrogen (secondary N) is 2. The fourth-order valence-corrected chi connectivity index (χ4v) is 3.43. The maximum absolute atomic E-state index is 12.5. The number of imidazole rings is 1. The summed E-state index contributed by atoms with van der Waals surface area (Å²) in [6, 6.07) is 9.59. The summed E-state index contributed by atoms with van der Waals surface area (Å²) in [5.41, 5.74) is 1.55. The van der Waals surface area contributed by atoms with Crippen molar-refractivity contribution >= 4 is 17.6 Å². The summed E-state index contributed by atoms with van der Waals surface area (Å²) in [7, 11) is 1.71. The number of likely N-dealkylation sites (N-methyl/N-ethyl adjacent to an activating group) is 1. The Bertz CT molecular complexity index is 885. The normalized spacial score (nSPS) is 16.5. The highest BCUT2D eigenvalue weighted by Crippen LogP contribution is 2.17. The van der Waals surface area contributed by atoms with Crippen molar-refractivity contribution in [3.63, 3.8) is 0 Å². The molecule has 0 radical (unpaired) electrons. The van der Waals surface area contributed by atoms with Crippen molar-refractivity contribution in [3.05, 3.63) is 48.4 Å². The molecule has 2 amide bonds. The van der Waals surface area contributed by atoms with E-state index in [0.717, 1.165) is 24.9 Å². The van der Waals surface area contributed by atoms with Crippen molar-refractivity contribution in [2.75, 3.05) is 25.5 Å². The molecule has 1 aromatic carbocycles.